The average molecular weight is 375 g/mol. The molecule has 2 aromatic rings. The summed E-state index contributed by atoms with van der Waals surface area (Å²) in [6.07, 6.45) is 1.77. The van der Waals surface area contributed by atoms with E-state index in [1.54, 1.807) is 0 Å². The first kappa shape index (κ1) is 16.0. The largest absolute Gasteiger partial charge is 0.474 e. The van der Waals surface area contributed by atoms with Crippen molar-refractivity contribution in [2.75, 3.05) is 13.1 Å². The van der Waals surface area contributed by atoms with Crippen LogP contribution in [-0.4, -0.2) is 35.0 Å². The van der Waals surface area contributed by atoms with E-state index in [-0.39, 0.29) is 12.0 Å². The van der Waals surface area contributed by atoms with Gasteiger partial charge in [0.1, 0.15) is 6.10 Å². The zero-order valence-corrected chi connectivity index (χ0v) is 14.6. The maximum atomic E-state index is 12.6. The van der Waals surface area contributed by atoms with E-state index in [2.05, 4.69) is 20.9 Å². The molecule has 1 aromatic heterocycles. The number of rotatable bonds is 3. The van der Waals surface area contributed by atoms with Crippen molar-refractivity contribution in [2.45, 2.75) is 25.9 Å². The molecule has 23 heavy (non-hydrogen) atoms. The molecule has 0 aliphatic carbocycles. The van der Waals surface area contributed by atoms with Gasteiger partial charge in [0, 0.05) is 42.2 Å². The number of aromatic nitrogens is 1. The Morgan fingerprint density at radius 3 is 2.61 bits per heavy atom. The van der Waals surface area contributed by atoms with Crippen molar-refractivity contribution in [3.8, 4) is 5.88 Å². The van der Waals surface area contributed by atoms with Gasteiger partial charge in [0.05, 0.1) is 5.56 Å². The van der Waals surface area contributed by atoms with Crippen molar-refractivity contribution >= 4 is 21.8 Å². The van der Waals surface area contributed by atoms with Gasteiger partial charge in [-0.2, -0.15) is 0 Å². The van der Waals surface area contributed by atoms with Crippen molar-refractivity contribution in [1.82, 2.24) is 9.88 Å². The predicted molar refractivity (Wildman–Crippen MR) is 92.7 cm³/mol. The molecule has 1 aromatic carbocycles. The van der Waals surface area contributed by atoms with Gasteiger partial charge in [-0.1, -0.05) is 18.2 Å². The number of aryl methyl sites for hydroxylation is 1. The van der Waals surface area contributed by atoms with Gasteiger partial charge in [0.15, 0.2) is 0 Å². The lowest BCUT2D eigenvalue weighted by molar-refractivity contribution is 0.0587. The van der Waals surface area contributed by atoms with E-state index >= 15 is 0 Å². The van der Waals surface area contributed by atoms with E-state index in [0.29, 0.717) is 24.5 Å². The highest BCUT2D eigenvalue weighted by atomic mass is 79.9. The lowest BCUT2D eigenvalue weighted by Crippen LogP contribution is -2.42. The number of carbonyl (C=O) groups is 1. The zero-order valence-electron chi connectivity index (χ0n) is 13.0. The number of amides is 1. The van der Waals surface area contributed by atoms with Crippen LogP contribution in [0.25, 0.3) is 0 Å². The number of benzene rings is 1. The van der Waals surface area contributed by atoms with Gasteiger partial charge in [0.2, 0.25) is 5.88 Å². The minimum Gasteiger partial charge on any atom is -0.474 e. The van der Waals surface area contributed by atoms with Gasteiger partial charge in [-0.3, -0.25) is 4.79 Å². The molecule has 1 aliphatic rings. The third-order valence-electron chi connectivity index (χ3n) is 3.98. The lowest BCUT2D eigenvalue weighted by Gasteiger charge is -2.32. The summed E-state index contributed by atoms with van der Waals surface area (Å²) < 4.78 is 6.78. The average Bonchev–Trinajstić information content (AvgIpc) is 2.55. The Morgan fingerprint density at radius 2 is 1.91 bits per heavy atom. The summed E-state index contributed by atoms with van der Waals surface area (Å²) in [6.45, 7) is 3.36. The molecule has 120 valence electrons. The maximum Gasteiger partial charge on any atom is 0.255 e. The Labute approximate surface area is 144 Å². The molecule has 0 saturated carbocycles. The second-order valence-corrected chi connectivity index (χ2v) is 6.56. The molecular weight excluding hydrogens is 356 g/mol. The molecule has 0 radical (unpaired) electrons. The monoisotopic (exact) mass is 374 g/mol. The Morgan fingerprint density at radius 1 is 1.17 bits per heavy atom. The van der Waals surface area contributed by atoms with Gasteiger partial charge in [0.25, 0.3) is 5.91 Å². The Balaban J connectivity index is 1.58. The van der Waals surface area contributed by atoms with Crippen molar-refractivity contribution in [3.05, 3.63) is 58.2 Å². The van der Waals surface area contributed by atoms with E-state index < -0.39 is 0 Å². The first-order chi connectivity index (χ1) is 11.1. The summed E-state index contributed by atoms with van der Waals surface area (Å²) >= 11 is 3.45. The number of hydrogen-bond donors (Lipinski definition) is 0. The van der Waals surface area contributed by atoms with E-state index in [9.17, 15) is 4.79 Å². The molecule has 1 amide bonds. The molecular formula is C18H19BrN2O2. The summed E-state index contributed by atoms with van der Waals surface area (Å²) in [6, 6.07) is 13.3. The third-order valence-corrected chi connectivity index (χ3v) is 4.68. The van der Waals surface area contributed by atoms with Crippen molar-refractivity contribution in [1.29, 1.82) is 0 Å². The number of piperidine rings is 1. The van der Waals surface area contributed by atoms with Crippen LogP contribution >= 0.6 is 15.9 Å². The number of likely N-dealkylation sites (tertiary alicyclic amines) is 1. The van der Waals surface area contributed by atoms with Gasteiger partial charge in [-0.15, -0.1) is 0 Å². The highest BCUT2D eigenvalue weighted by molar-refractivity contribution is 9.10. The molecule has 0 atom stereocenters. The fourth-order valence-corrected chi connectivity index (χ4v) is 3.19. The van der Waals surface area contributed by atoms with Crippen LogP contribution in [0.2, 0.25) is 0 Å². The summed E-state index contributed by atoms with van der Waals surface area (Å²) in [5.41, 5.74) is 1.66. The molecule has 1 saturated heterocycles. The highest BCUT2D eigenvalue weighted by Gasteiger charge is 2.25. The smallest absolute Gasteiger partial charge is 0.255 e. The fraction of sp³-hybridized carbons (Fsp3) is 0.333. The van der Waals surface area contributed by atoms with Gasteiger partial charge in [-0.25, -0.2) is 4.98 Å². The van der Waals surface area contributed by atoms with Crippen LogP contribution in [0.15, 0.2) is 46.9 Å². The standard InChI is InChI=1S/C18H19BrN2O2/c1-13-5-4-8-17(20-13)23-14-9-11-21(12-10-14)18(22)15-6-2-3-7-16(15)19/h2-8,14H,9-12H2,1H3. The van der Waals surface area contributed by atoms with Crippen LogP contribution in [0, 0.1) is 6.92 Å². The second-order valence-electron chi connectivity index (χ2n) is 5.71. The van der Waals surface area contributed by atoms with E-state index in [1.807, 2.05) is 54.3 Å². The van der Waals surface area contributed by atoms with Crippen molar-refractivity contribution < 1.29 is 9.53 Å². The molecule has 0 N–H and O–H groups in total. The van der Waals surface area contributed by atoms with Crippen LogP contribution in [-0.2, 0) is 0 Å². The highest BCUT2D eigenvalue weighted by Crippen LogP contribution is 2.22. The van der Waals surface area contributed by atoms with Gasteiger partial charge < -0.3 is 9.64 Å². The molecule has 5 heteroatoms. The van der Waals surface area contributed by atoms with E-state index in [4.69, 9.17) is 4.74 Å². The van der Waals surface area contributed by atoms with Crippen LogP contribution in [0.5, 0.6) is 5.88 Å². The normalized spacial score (nSPS) is 15.5. The zero-order chi connectivity index (χ0) is 16.2. The SMILES string of the molecule is Cc1cccc(OC2CCN(C(=O)c3ccccc3Br)CC2)n1. The summed E-state index contributed by atoms with van der Waals surface area (Å²) in [7, 11) is 0. The number of pyridine rings is 1. The van der Waals surface area contributed by atoms with Crippen molar-refractivity contribution in [3.63, 3.8) is 0 Å². The Hall–Kier alpha value is -1.88. The molecule has 1 fully saturated rings. The summed E-state index contributed by atoms with van der Waals surface area (Å²) in [4.78, 5) is 18.8. The molecule has 0 bridgehead atoms. The topological polar surface area (TPSA) is 42.4 Å². The number of halogens is 1. The molecule has 2 heterocycles. The van der Waals surface area contributed by atoms with Crippen LogP contribution in [0.1, 0.15) is 28.9 Å². The fourth-order valence-electron chi connectivity index (χ4n) is 2.74. The number of carbonyl (C=O) groups excluding carboxylic acids is 1. The molecule has 0 spiro atoms. The Kier molecular flexibility index (Phi) is 4.96. The second kappa shape index (κ2) is 7.13. The summed E-state index contributed by atoms with van der Waals surface area (Å²) in [5, 5.41) is 0. The minimum absolute atomic E-state index is 0.0737. The Bertz CT molecular complexity index is 697. The van der Waals surface area contributed by atoms with Crippen LogP contribution in [0.3, 0.4) is 0 Å². The minimum atomic E-state index is 0.0737. The van der Waals surface area contributed by atoms with Crippen LogP contribution in [0.4, 0.5) is 0 Å². The van der Waals surface area contributed by atoms with Crippen LogP contribution < -0.4 is 4.74 Å². The maximum absolute atomic E-state index is 12.6. The van der Waals surface area contributed by atoms with Gasteiger partial charge >= 0.3 is 0 Å². The van der Waals surface area contributed by atoms with Gasteiger partial charge in [-0.05, 0) is 41.1 Å². The molecule has 1 aliphatic heterocycles. The number of hydrogen-bond acceptors (Lipinski definition) is 3. The lowest BCUT2D eigenvalue weighted by atomic mass is 10.1. The van der Waals surface area contributed by atoms with E-state index in [1.165, 1.54) is 0 Å². The number of nitrogens with zero attached hydrogens (tertiary/aromatic N) is 2. The third kappa shape index (κ3) is 3.91. The van der Waals surface area contributed by atoms with Crippen molar-refractivity contribution in [2.24, 2.45) is 0 Å². The molecule has 0 unspecified atom stereocenters. The predicted octanol–water partition coefficient (Wildman–Crippen LogP) is 3.84. The van der Waals surface area contributed by atoms with E-state index in [0.717, 1.165) is 23.0 Å². The summed E-state index contributed by atoms with van der Waals surface area (Å²) in [5.74, 6) is 0.741. The first-order valence-corrected chi connectivity index (χ1v) is 8.57. The molecule has 4 nitrogen and oxygen atoms in total. The first-order valence-electron chi connectivity index (χ1n) is 7.77. The molecule has 3 rings (SSSR count). The number of ether oxygens (including phenoxy) is 1. The quantitative estimate of drug-likeness (QED) is 0.819.